The summed E-state index contributed by atoms with van der Waals surface area (Å²) in [5.41, 5.74) is 0.189. The minimum absolute atomic E-state index is 0.0456. The Kier molecular flexibility index (Phi) is 14.7. The largest absolute Gasteiger partial charge is 0.462 e. The highest BCUT2D eigenvalue weighted by molar-refractivity contribution is 7.86. The van der Waals surface area contributed by atoms with E-state index in [-0.39, 0.29) is 24.2 Å². The zero-order valence-electron chi connectivity index (χ0n) is 20.1. The molecule has 188 valence electrons. The number of benzene rings is 1. The zero-order chi connectivity index (χ0) is 24.5. The fourth-order valence-electron chi connectivity index (χ4n) is 3.39. The molecule has 0 spiro atoms. The summed E-state index contributed by atoms with van der Waals surface area (Å²) in [6, 6.07) is 6.21. The van der Waals surface area contributed by atoms with Crippen LogP contribution < -0.4 is 0 Å². The molecule has 0 aliphatic heterocycles. The number of hydrogen-bond donors (Lipinski definition) is 1. The van der Waals surface area contributed by atoms with Gasteiger partial charge in [-0.3, -0.25) is 4.55 Å². The predicted molar refractivity (Wildman–Crippen MR) is 129 cm³/mol. The highest BCUT2D eigenvalue weighted by atomic mass is 32.2. The summed E-state index contributed by atoms with van der Waals surface area (Å²) in [6.45, 7) is 3.65. The van der Waals surface area contributed by atoms with Crippen molar-refractivity contribution in [1.82, 2.24) is 0 Å². The summed E-state index contributed by atoms with van der Waals surface area (Å²) in [6.07, 6.45) is 13.2. The van der Waals surface area contributed by atoms with Gasteiger partial charge in [0.05, 0.1) is 29.6 Å². The number of carbonyl (C=O) groups excluding carboxylic acids is 2. The Labute approximate surface area is 199 Å². The average Bonchev–Trinajstić information content (AvgIpc) is 2.78. The standard InChI is InChI=1S/C25H40O7S/c1-3-4-5-6-7-8-9-10-11-12-15-19-31-24(26)22-16-13-14-17-23(22)25(27)32-20-18-21(2)33(28,29)30/h13-14,16-17,21H,3-12,15,18-20H2,1-2H3,(H,28,29,30). The smallest absolute Gasteiger partial charge is 0.339 e. The van der Waals surface area contributed by atoms with Gasteiger partial charge in [-0.05, 0) is 25.5 Å². The van der Waals surface area contributed by atoms with Crippen molar-refractivity contribution in [3.8, 4) is 0 Å². The highest BCUT2D eigenvalue weighted by Gasteiger charge is 2.21. The van der Waals surface area contributed by atoms with Crippen LogP contribution in [0.3, 0.4) is 0 Å². The Hall–Kier alpha value is -1.93. The van der Waals surface area contributed by atoms with E-state index in [9.17, 15) is 18.0 Å². The van der Waals surface area contributed by atoms with Crippen LogP contribution in [0.1, 0.15) is 112 Å². The van der Waals surface area contributed by atoms with Crippen LogP contribution in [-0.2, 0) is 19.6 Å². The Morgan fingerprint density at radius 2 is 1.21 bits per heavy atom. The molecule has 0 aliphatic rings. The van der Waals surface area contributed by atoms with E-state index in [2.05, 4.69) is 6.92 Å². The third-order valence-corrected chi connectivity index (χ3v) is 6.87. The van der Waals surface area contributed by atoms with Gasteiger partial charge in [0.1, 0.15) is 0 Å². The minimum atomic E-state index is -4.18. The molecule has 0 heterocycles. The second-order valence-electron chi connectivity index (χ2n) is 8.47. The summed E-state index contributed by atoms with van der Waals surface area (Å²) in [7, 11) is -4.18. The summed E-state index contributed by atoms with van der Waals surface area (Å²) in [4.78, 5) is 24.8. The van der Waals surface area contributed by atoms with Crippen LogP contribution in [-0.4, -0.2) is 43.4 Å². The van der Waals surface area contributed by atoms with Gasteiger partial charge in [-0.2, -0.15) is 8.42 Å². The van der Waals surface area contributed by atoms with E-state index in [1.165, 1.54) is 70.4 Å². The number of ether oxygens (including phenoxy) is 2. The second-order valence-corrected chi connectivity index (χ2v) is 10.3. The first-order valence-corrected chi connectivity index (χ1v) is 13.7. The second kappa shape index (κ2) is 16.6. The summed E-state index contributed by atoms with van der Waals surface area (Å²) in [5, 5.41) is -1.05. The summed E-state index contributed by atoms with van der Waals surface area (Å²) < 4.78 is 41.4. The Morgan fingerprint density at radius 1 is 0.788 bits per heavy atom. The van der Waals surface area contributed by atoms with Gasteiger partial charge in [0.15, 0.2) is 0 Å². The van der Waals surface area contributed by atoms with Gasteiger partial charge in [0.25, 0.3) is 10.1 Å². The van der Waals surface area contributed by atoms with Crippen molar-refractivity contribution < 1.29 is 32.0 Å². The topological polar surface area (TPSA) is 107 Å². The van der Waals surface area contributed by atoms with Crippen LogP contribution in [0.15, 0.2) is 24.3 Å². The molecule has 0 radical (unpaired) electrons. The predicted octanol–water partition coefficient (Wildman–Crippen LogP) is 5.98. The van der Waals surface area contributed by atoms with Gasteiger partial charge >= 0.3 is 11.9 Å². The van der Waals surface area contributed by atoms with Crippen molar-refractivity contribution in [2.45, 2.75) is 96.1 Å². The number of hydrogen-bond acceptors (Lipinski definition) is 6. The minimum Gasteiger partial charge on any atom is -0.462 e. The van der Waals surface area contributed by atoms with Crippen molar-refractivity contribution >= 4 is 22.1 Å². The zero-order valence-corrected chi connectivity index (χ0v) is 20.9. The Bertz CT molecular complexity index is 805. The molecule has 0 aromatic heterocycles. The van der Waals surface area contributed by atoms with E-state index in [4.69, 9.17) is 14.0 Å². The van der Waals surface area contributed by atoms with Crippen LogP contribution in [0, 0.1) is 0 Å². The molecule has 1 atom stereocenters. The number of carbonyl (C=O) groups is 2. The average molecular weight is 485 g/mol. The van der Waals surface area contributed by atoms with Crippen LogP contribution in [0.5, 0.6) is 0 Å². The molecule has 0 saturated carbocycles. The fraction of sp³-hybridized carbons (Fsp3) is 0.680. The van der Waals surface area contributed by atoms with Gasteiger partial charge in [-0.15, -0.1) is 0 Å². The van der Waals surface area contributed by atoms with Gasteiger partial charge in [0.2, 0.25) is 0 Å². The SMILES string of the molecule is CCCCCCCCCCCCCOC(=O)c1ccccc1C(=O)OCCC(C)S(=O)(=O)O. The lowest BCUT2D eigenvalue weighted by Gasteiger charge is -2.11. The van der Waals surface area contributed by atoms with E-state index in [1.54, 1.807) is 12.1 Å². The Balaban J connectivity index is 2.29. The maximum absolute atomic E-state index is 12.4. The lowest BCUT2D eigenvalue weighted by molar-refractivity contribution is 0.0451. The molecule has 8 heteroatoms. The first kappa shape index (κ1) is 29.1. The van der Waals surface area contributed by atoms with Gasteiger partial charge < -0.3 is 9.47 Å². The molecule has 0 bridgehead atoms. The van der Waals surface area contributed by atoms with E-state index < -0.39 is 27.3 Å². The van der Waals surface area contributed by atoms with Gasteiger partial charge in [-0.1, -0.05) is 83.3 Å². The van der Waals surface area contributed by atoms with E-state index >= 15 is 0 Å². The van der Waals surface area contributed by atoms with Crippen LogP contribution in [0.4, 0.5) is 0 Å². The third-order valence-electron chi connectivity index (χ3n) is 5.61. The molecule has 1 aromatic carbocycles. The van der Waals surface area contributed by atoms with Gasteiger partial charge in [-0.25, -0.2) is 9.59 Å². The lowest BCUT2D eigenvalue weighted by atomic mass is 10.1. The summed E-state index contributed by atoms with van der Waals surface area (Å²) in [5.74, 6) is -1.32. The van der Waals surface area contributed by atoms with E-state index in [1.807, 2.05) is 0 Å². The van der Waals surface area contributed by atoms with Crippen molar-refractivity contribution in [2.75, 3.05) is 13.2 Å². The number of unbranched alkanes of at least 4 members (excludes halogenated alkanes) is 10. The summed E-state index contributed by atoms with van der Waals surface area (Å²) >= 11 is 0. The van der Waals surface area contributed by atoms with Crippen molar-refractivity contribution in [3.05, 3.63) is 35.4 Å². The molecule has 0 saturated heterocycles. The van der Waals surface area contributed by atoms with Gasteiger partial charge in [0, 0.05) is 6.42 Å². The molecule has 0 aliphatic carbocycles. The highest BCUT2D eigenvalue weighted by Crippen LogP contribution is 2.14. The maximum atomic E-state index is 12.4. The normalized spacial score (nSPS) is 12.3. The Morgan fingerprint density at radius 3 is 1.67 bits per heavy atom. The van der Waals surface area contributed by atoms with Crippen molar-refractivity contribution in [3.63, 3.8) is 0 Å². The maximum Gasteiger partial charge on any atom is 0.339 e. The molecule has 1 N–H and O–H groups in total. The van der Waals surface area contributed by atoms with Crippen LogP contribution in [0.2, 0.25) is 0 Å². The molecule has 33 heavy (non-hydrogen) atoms. The van der Waals surface area contributed by atoms with Crippen LogP contribution >= 0.6 is 0 Å². The fourth-order valence-corrected chi connectivity index (χ4v) is 3.79. The quantitative estimate of drug-likeness (QED) is 0.155. The first-order chi connectivity index (χ1) is 15.8. The van der Waals surface area contributed by atoms with Crippen molar-refractivity contribution in [2.24, 2.45) is 0 Å². The third kappa shape index (κ3) is 12.8. The van der Waals surface area contributed by atoms with Crippen molar-refractivity contribution in [1.29, 1.82) is 0 Å². The molecule has 1 aromatic rings. The molecular formula is C25H40O7S. The van der Waals surface area contributed by atoms with E-state index in [0.29, 0.717) is 6.61 Å². The molecular weight excluding hydrogens is 444 g/mol. The van der Waals surface area contributed by atoms with Crippen LogP contribution in [0.25, 0.3) is 0 Å². The molecule has 7 nitrogen and oxygen atoms in total. The molecule has 0 fully saturated rings. The molecule has 1 unspecified atom stereocenters. The number of esters is 2. The molecule has 1 rings (SSSR count). The molecule has 0 amide bonds. The monoisotopic (exact) mass is 484 g/mol. The number of rotatable bonds is 18. The first-order valence-electron chi connectivity index (χ1n) is 12.2. The lowest BCUT2D eigenvalue weighted by Crippen LogP contribution is -2.20. The van der Waals surface area contributed by atoms with E-state index in [0.717, 1.165) is 19.3 Å².